The highest BCUT2D eigenvalue weighted by Crippen LogP contribution is 2.31. The number of anilines is 4. The zero-order valence-electron chi connectivity index (χ0n) is 20.9. The Morgan fingerprint density at radius 1 is 1.19 bits per heavy atom. The largest absolute Gasteiger partial charge is 0.595 e. The number of aromatic nitrogens is 1. The van der Waals surface area contributed by atoms with Gasteiger partial charge in [0.25, 0.3) is 5.91 Å². The first-order valence-electron chi connectivity index (χ1n) is 11.6. The summed E-state index contributed by atoms with van der Waals surface area (Å²) in [6.07, 6.45) is 0.147. The number of thiazole rings is 1. The number of benzene rings is 1. The second-order valence-electron chi connectivity index (χ2n) is 9.29. The molecule has 1 saturated heterocycles. The van der Waals surface area contributed by atoms with Crippen LogP contribution < -0.4 is 20.6 Å². The minimum absolute atomic E-state index is 0.183. The summed E-state index contributed by atoms with van der Waals surface area (Å²) >= 11 is 2.52. The molecular weight excluding hydrogens is 514 g/mol. The van der Waals surface area contributed by atoms with Gasteiger partial charge in [-0.2, -0.15) is 0 Å². The number of methoxy groups -OCH3 is 1. The van der Waals surface area contributed by atoms with Gasteiger partial charge < -0.3 is 30.1 Å². The topological polar surface area (TPSA) is 128 Å². The van der Waals surface area contributed by atoms with E-state index in [2.05, 4.69) is 25.5 Å². The molecule has 0 unspecified atom stereocenters. The van der Waals surface area contributed by atoms with Crippen LogP contribution in [0.15, 0.2) is 46.1 Å². The van der Waals surface area contributed by atoms with Gasteiger partial charge in [0.05, 0.1) is 30.2 Å². The van der Waals surface area contributed by atoms with Crippen LogP contribution in [-0.2, 0) is 9.47 Å². The van der Waals surface area contributed by atoms with Gasteiger partial charge in [-0.1, -0.05) is 32.9 Å². The van der Waals surface area contributed by atoms with Gasteiger partial charge in [0.15, 0.2) is 5.13 Å². The molecule has 1 atom stereocenters. The highest BCUT2D eigenvalue weighted by atomic mass is 32.1. The van der Waals surface area contributed by atoms with Gasteiger partial charge in [0.2, 0.25) is 0 Å². The SMILES string of the molecule is COC(=O)c1sccc1Nc1nc(C(=O)Nc2ccccc2N2CC[C@@H](N=C([O-])OC(C)(C)C)C2)cs1. The number of para-hydroxylation sites is 2. The number of ether oxygens (including phenoxy) is 2. The van der Waals surface area contributed by atoms with E-state index in [0.717, 1.165) is 5.69 Å². The Balaban J connectivity index is 1.42. The fourth-order valence-electron chi connectivity index (χ4n) is 3.75. The Kier molecular flexibility index (Phi) is 7.98. The van der Waals surface area contributed by atoms with Crippen molar-refractivity contribution >= 4 is 62.8 Å². The molecule has 0 bridgehead atoms. The van der Waals surface area contributed by atoms with Crippen LogP contribution in [0.25, 0.3) is 0 Å². The summed E-state index contributed by atoms with van der Waals surface area (Å²) in [5.74, 6) is -0.795. The summed E-state index contributed by atoms with van der Waals surface area (Å²) in [6.45, 7) is 6.66. The molecule has 1 amide bonds. The van der Waals surface area contributed by atoms with Crippen molar-refractivity contribution in [2.45, 2.75) is 38.8 Å². The number of rotatable bonds is 7. The first kappa shape index (κ1) is 26.4. The number of esters is 1. The first-order valence-corrected chi connectivity index (χ1v) is 13.4. The Bertz CT molecular complexity index is 1300. The molecular formula is C25H28N5O5S2-. The van der Waals surface area contributed by atoms with Crippen LogP contribution in [0.2, 0.25) is 0 Å². The molecule has 0 saturated carbocycles. The number of aliphatic imine (C=N–C) groups is 1. The number of nitrogens with zero attached hydrogens (tertiary/aromatic N) is 3. The van der Waals surface area contributed by atoms with Crippen molar-refractivity contribution in [3.05, 3.63) is 51.7 Å². The lowest BCUT2D eigenvalue weighted by Crippen LogP contribution is -2.33. The lowest BCUT2D eigenvalue weighted by atomic mass is 10.2. The van der Waals surface area contributed by atoms with Gasteiger partial charge in [0.1, 0.15) is 16.7 Å². The lowest BCUT2D eigenvalue weighted by Gasteiger charge is -2.30. The summed E-state index contributed by atoms with van der Waals surface area (Å²) < 4.78 is 10.1. The van der Waals surface area contributed by atoms with E-state index in [9.17, 15) is 14.7 Å². The summed E-state index contributed by atoms with van der Waals surface area (Å²) in [6, 6.07) is 9.06. The quantitative estimate of drug-likeness (QED) is 0.260. The average molecular weight is 543 g/mol. The maximum absolute atomic E-state index is 13.0. The van der Waals surface area contributed by atoms with Crippen LogP contribution in [-0.4, -0.2) is 54.8 Å². The minimum atomic E-state index is -0.589. The van der Waals surface area contributed by atoms with Gasteiger partial charge in [0, 0.05) is 24.1 Å². The molecule has 0 aliphatic carbocycles. The van der Waals surface area contributed by atoms with E-state index < -0.39 is 17.7 Å². The molecule has 2 aromatic heterocycles. The highest BCUT2D eigenvalue weighted by molar-refractivity contribution is 7.14. The summed E-state index contributed by atoms with van der Waals surface area (Å²) in [4.78, 5) is 36.0. The fourth-order valence-corrected chi connectivity index (χ4v) is 5.22. The third-order valence-electron chi connectivity index (χ3n) is 5.35. The smallest absolute Gasteiger partial charge is 0.350 e. The molecule has 1 aliphatic heterocycles. The third-order valence-corrected chi connectivity index (χ3v) is 7.00. The molecule has 3 heterocycles. The van der Waals surface area contributed by atoms with Crippen LogP contribution in [0.1, 0.15) is 47.4 Å². The fraction of sp³-hybridized carbons (Fsp3) is 0.360. The number of hydrogen-bond donors (Lipinski definition) is 2. The van der Waals surface area contributed by atoms with Crippen molar-refractivity contribution in [2.24, 2.45) is 4.99 Å². The number of amides is 1. The van der Waals surface area contributed by atoms with E-state index in [1.807, 2.05) is 45.0 Å². The first-order chi connectivity index (χ1) is 17.6. The molecule has 1 aromatic carbocycles. The lowest BCUT2D eigenvalue weighted by molar-refractivity contribution is -0.260. The normalized spacial score (nSPS) is 15.9. The van der Waals surface area contributed by atoms with Gasteiger partial charge in [-0.05, 0) is 30.0 Å². The summed E-state index contributed by atoms with van der Waals surface area (Å²) in [5.41, 5.74) is 1.71. The van der Waals surface area contributed by atoms with Gasteiger partial charge in [-0.3, -0.25) is 9.79 Å². The molecule has 2 N–H and O–H groups in total. The van der Waals surface area contributed by atoms with Crippen LogP contribution in [0.5, 0.6) is 0 Å². The second-order valence-corrected chi connectivity index (χ2v) is 11.1. The van der Waals surface area contributed by atoms with Crippen molar-refractivity contribution in [2.75, 3.05) is 35.7 Å². The van der Waals surface area contributed by atoms with E-state index in [1.165, 1.54) is 29.8 Å². The molecule has 4 rings (SSSR count). The average Bonchev–Trinajstić information content (AvgIpc) is 3.59. The summed E-state index contributed by atoms with van der Waals surface area (Å²) in [5, 5.41) is 22.0. The van der Waals surface area contributed by atoms with Crippen molar-refractivity contribution < 1.29 is 24.2 Å². The van der Waals surface area contributed by atoms with Crippen molar-refractivity contribution in [3.8, 4) is 0 Å². The number of nitrogens with one attached hydrogen (secondary N) is 2. The number of thiophene rings is 1. The van der Waals surface area contributed by atoms with E-state index >= 15 is 0 Å². The number of carbonyl (C=O) groups is 2. The van der Waals surface area contributed by atoms with Crippen LogP contribution >= 0.6 is 22.7 Å². The molecule has 0 radical (unpaired) electrons. The van der Waals surface area contributed by atoms with Crippen molar-refractivity contribution in [1.82, 2.24) is 4.98 Å². The van der Waals surface area contributed by atoms with E-state index in [-0.39, 0.29) is 17.6 Å². The maximum Gasteiger partial charge on any atom is 0.350 e. The van der Waals surface area contributed by atoms with Gasteiger partial charge >= 0.3 is 5.97 Å². The van der Waals surface area contributed by atoms with Gasteiger partial charge in [-0.25, -0.2) is 9.78 Å². The second kappa shape index (κ2) is 11.2. The molecule has 0 spiro atoms. The molecule has 12 heteroatoms. The zero-order valence-corrected chi connectivity index (χ0v) is 22.6. The predicted octanol–water partition coefficient (Wildman–Crippen LogP) is 4.10. The van der Waals surface area contributed by atoms with Crippen molar-refractivity contribution in [1.29, 1.82) is 0 Å². The van der Waals surface area contributed by atoms with E-state index in [4.69, 9.17) is 9.47 Å². The molecule has 37 heavy (non-hydrogen) atoms. The monoisotopic (exact) mass is 542 g/mol. The maximum atomic E-state index is 13.0. The molecule has 196 valence electrons. The standard InChI is InChI=1S/C25H29N5O5S2/c1-25(2,3)35-24(33)26-15-9-11-30(13-15)19-8-6-5-7-16(19)27-21(31)18-14-37-23(29-18)28-17-10-12-36-20(17)22(32)34-4/h5-8,10,12,14-15H,9,11,13H2,1-4H3,(H,26,33)(H,27,31)(H,28,29)/p-1/t15-/m1/s1. The van der Waals surface area contributed by atoms with Crippen LogP contribution in [0.3, 0.4) is 0 Å². The predicted molar refractivity (Wildman–Crippen MR) is 144 cm³/mol. The van der Waals surface area contributed by atoms with Crippen molar-refractivity contribution in [3.63, 3.8) is 0 Å². The van der Waals surface area contributed by atoms with Crippen LogP contribution in [0, 0.1) is 0 Å². The zero-order chi connectivity index (χ0) is 26.6. The Morgan fingerprint density at radius 2 is 1.97 bits per heavy atom. The molecule has 3 aromatic rings. The van der Waals surface area contributed by atoms with E-state index in [0.29, 0.717) is 40.9 Å². The molecule has 1 aliphatic rings. The Labute approximate surface area is 223 Å². The third kappa shape index (κ3) is 6.77. The number of carbonyl (C=O) groups excluding carboxylic acids is 2. The minimum Gasteiger partial charge on any atom is -0.595 e. The highest BCUT2D eigenvalue weighted by Gasteiger charge is 2.25. The van der Waals surface area contributed by atoms with E-state index in [1.54, 1.807) is 16.8 Å². The summed E-state index contributed by atoms with van der Waals surface area (Å²) in [7, 11) is 1.33. The van der Waals surface area contributed by atoms with Crippen LogP contribution in [0.4, 0.5) is 22.2 Å². The Morgan fingerprint density at radius 3 is 2.73 bits per heavy atom. The number of hydrogen-bond acceptors (Lipinski definition) is 11. The molecule has 1 fully saturated rings. The van der Waals surface area contributed by atoms with Gasteiger partial charge in [-0.15, -0.1) is 22.7 Å². The molecule has 10 nitrogen and oxygen atoms in total. The Hall–Kier alpha value is -3.64.